The zero-order chi connectivity index (χ0) is 12.8. The van der Waals surface area contributed by atoms with Gasteiger partial charge in [-0.2, -0.15) is 16.9 Å². The Morgan fingerprint density at radius 2 is 2.41 bits per heavy atom. The highest BCUT2D eigenvalue weighted by Gasteiger charge is 2.19. The van der Waals surface area contributed by atoms with Crippen LogP contribution in [0.25, 0.3) is 0 Å². The van der Waals surface area contributed by atoms with E-state index in [9.17, 15) is 4.79 Å². The molecule has 0 aliphatic heterocycles. The third-order valence-corrected chi connectivity index (χ3v) is 3.31. The molecule has 0 saturated heterocycles. The predicted octanol–water partition coefficient (Wildman–Crippen LogP) is 0.678. The maximum atomic E-state index is 11.9. The van der Waals surface area contributed by atoms with Crippen molar-refractivity contribution in [3.05, 3.63) is 18.0 Å². The highest BCUT2D eigenvalue weighted by atomic mass is 32.2. The van der Waals surface area contributed by atoms with Gasteiger partial charge in [0, 0.05) is 30.6 Å². The summed E-state index contributed by atoms with van der Waals surface area (Å²) in [6.07, 6.45) is 6.32. The van der Waals surface area contributed by atoms with Crippen LogP contribution in [0.15, 0.2) is 12.4 Å². The Morgan fingerprint density at radius 3 is 2.88 bits per heavy atom. The molecule has 1 rings (SSSR count). The Labute approximate surface area is 106 Å². The molecule has 0 aliphatic rings. The molecule has 1 aromatic heterocycles. The maximum absolute atomic E-state index is 11.9. The number of aromatic nitrogens is 2. The van der Waals surface area contributed by atoms with Crippen LogP contribution >= 0.6 is 11.8 Å². The molecule has 6 heteroatoms. The Kier molecular flexibility index (Phi) is 5.50. The predicted molar refractivity (Wildman–Crippen MR) is 70.7 cm³/mol. The van der Waals surface area contributed by atoms with Crippen molar-refractivity contribution >= 4 is 17.7 Å². The van der Waals surface area contributed by atoms with Crippen molar-refractivity contribution in [3.63, 3.8) is 0 Å². The molecule has 3 N–H and O–H groups in total. The molecule has 1 heterocycles. The number of hydrogen-bond donors (Lipinski definition) is 2. The number of nitrogens with two attached hydrogens (primary N) is 1. The highest BCUT2D eigenvalue weighted by molar-refractivity contribution is 7.98. The summed E-state index contributed by atoms with van der Waals surface area (Å²) in [5.74, 6) is 0.765. The van der Waals surface area contributed by atoms with Gasteiger partial charge >= 0.3 is 0 Å². The molecule has 0 aliphatic carbocycles. The van der Waals surface area contributed by atoms with Crippen LogP contribution in [0.1, 0.15) is 24.9 Å². The van der Waals surface area contributed by atoms with Crippen molar-refractivity contribution in [1.29, 1.82) is 0 Å². The van der Waals surface area contributed by atoms with E-state index >= 15 is 0 Å². The number of hydrogen-bond acceptors (Lipinski definition) is 4. The highest BCUT2D eigenvalue weighted by Crippen LogP contribution is 2.10. The van der Waals surface area contributed by atoms with Crippen LogP contribution in [0.3, 0.4) is 0 Å². The second kappa shape index (κ2) is 6.66. The summed E-state index contributed by atoms with van der Waals surface area (Å²) in [5.41, 5.74) is 6.62. The van der Waals surface area contributed by atoms with Crippen LogP contribution in [0.4, 0.5) is 0 Å². The van der Waals surface area contributed by atoms with Crippen molar-refractivity contribution in [2.45, 2.75) is 25.4 Å². The summed E-state index contributed by atoms with van der Waals surface area (Å²) in [6, 6.07) is -0.458. The van der Waals surface area contributed by atoms with Crippen LogP contribution < -0.4 is 11.1 Å². The van der Waals surface area contributed by atoms with Gasteiger partial charge in [0.25, 0.3) is 0 Å². The normalized spacial score (nSPS) is 14.4. The first-order chi connectivity index (χ1) is 8.08. The molecular formula is C11H20N4OS. The topological polar surface area (TPSA) is 72.9 Å². The average molecular weight is 256 g/mol. The van der Waals surface area contributed by atoms with Crippen molar-refractivity contribution in [2.24, 2.45) is 12.8 Å². The van der Waals surface area contributed by atoms with Gasteiger partial charge in [-0.15, -0.1) is 0 Å². The average Bonchev–Trinajstić information content (AvgIpc) is 2.74. The van der Waals surface area contributed by atoms with Crippen LogP contribution in [-0.4, -0.2) is 33.7 Å². The van der Waals surface area contributed by atoms with Crippen LogP contribution in [0.2, 0.25) is 0 Å². The standard InChI is InChI=1S/C11H20N4OS/c1-4-9(7-17-3)14-11(16)10(12)8-5-13-15(2)6-8/h5-6,9-10H,4,7,12H2,1-3H3,(H,14,16). The second-order valence-corrected chi connectivity index (χ2v) is 4.90. The molecule has 0 radical (unpaired) electrons. The van der Waals surface area contributed by atoms with Crippen molar-refractivity contribution in [1.82, 2.24) is 15.1 Å². The number of nitrogens with one attached hydrogen (secondary N) is 1. The number of carbonyl (C=O) groups excluding carboxylic acids is 1. The summed E-state index contributed by atoms with van der Waals surface area (Å²) >= 11 is 1.72. The van der Waals surface area contributed by atoms with E-state index in [2.05, 4.69) is 17.3 Å². The SMILES string of the molecule is CCC(CSC)NC(=O)C(N)c1cnn(C)c1. The van der Waals surface area contributed by atoms with E-state index in [1.54, 1.807) is 35.9 Å². The lowest BCUT2D eigenvalue weighted by molar-refractivity contribution is -0.123. The maximum Gasteiger partial charge on any atom is 0.241 e. The van der Waals surface area contributed by atoms with E-state index in [0.717, 1.165) is 17.7 Å². The molecule has 1 amide bonds. The van der Waals surface area contributed by atoms with Gasteiger partial charge in [-0.1, -0.05) is 6.92 Å². The first-order valence-electron chi connectivity index (χ1n) is 5.61. The third-order valence-electron chi connectivity index (χ3n) is 2.57. The van der Waals surface area contributed by atoms with Gasteiger partial charge in [0.15, 0.2) is 0 Å². The molecule has 17 heavy (non-hydrogen) atoms. The first-order valence-corrected chi connectivity index (χ1v) is 7.01. The monoisotopic (exact) mass is 256 g/mol. The molecule has 0 saturated carbocycles. The smallest absolute Gasteiger partial charge is 0.241 e. The van der Waals surface area contributed by atoms with Gasteiger partial charge in [-0.3, -0.25) is 9.48 Å². The number of aryl methyl sites for hydroxylation is 1. The number of rotatable bonds is 6. The summed E-state index contributed by atoms with van der Waals surface area (Å²) in [6.45, 7) is 2.05. The Balaban J connectivity index is 2.57. The zero-order valence-electron chi connectivity index (χ0n) is 10.5. The molecule has 0 bridgehead atoms. The number of amides is 1. The first kappa shape index (κ1) is 14.1. The fraction of sp³-hybridized carbons (Fsp3) is 0.636. The minimum absolute atomic E-state index is 0.140. The molecule has 2 atom stereocenters. The van der Waals surface area contributed by atoms with E-state index in [-0.39, 0.29) is 11.9 Å². The summed E-state index contributed by atoms with van der Waals surface area (Å²) in [5, 5.41) is 6.96. The third kappa shape index (κ3) is 4.05. The quantitative estimate of drug-likeness (QED) is 0.785. The van der Waals surface area contributed by atoms with E-state index in [4.69, 9.17) is 5.73 Å². The van der Waals surface area contributed by atoms with Crippen molar-refractivity contribution in [3.8, 4) is 0 Å². The molecule has 2 unspecified atom stereocenters. The van der Waals surface area contributed by atoms with E-state index in [1.165, 1.54) is 0 Å². The Hall–Kier alpha value is -1.01. The van der Waals surface area contributed by atoms with Gasteiger partial charge < -0.3 is 11.1 Å². The zero-order valence-corrected chi connectivity index (χ0v) is 11.3. The van der Waals surface area contributed by atoms with Crippen LogP contribution in [0, 0.1) is 0 Å². The fourth-order valence-electron chi connectivity index (χ4n) is 1.51. The fourth-order valence-corrected chi connectivity index (χ4v) is 2.23. The molecular weight excluding hydrogens is 236 g/mol. The van der Waals surface area contributed by atoms with Crippen molar-refractivity contribution in [2.75, 3.05) is 12.0 Å². The van der Waals surface area contributed by atoms with E-state index < -0.39 is 6.04 Å². The lowest BCUT2D eigenvalue weighted by atomic mass is 10.1. The molecule has 1 aromatic rings. The Morgan fingerprint density at radius 1 is 1.71 bits per heavy atom. The summed E-state index contributed by atoms with van der Waals surface area (Å²) in [7, 11) is 1.80. The number of carbonyl (C=O) groups is 1. The minimum atomic E-state index is -0.639. The van der Waals surface area contributed by atoms with E-state index in [1.807, 2.05) is 6.26 Å². The number of nitrogens with zero attached hydrogens (tertiary/aromatic N) is 2. The van der Waals surface area contributed by atoms with Crippen molar-refractivity contribution < 1.29 is 4.79 Å². The second-order valence-electron chi connectivity index (χ2n) is 3.99. The van der Waals surface area contributed by atoms with Gasteiger partial charge in [-0.05, 0) is 12.7 Å². The van der Waals surface area contributed by atoms with Gasteiger partial charge in [-0.25, -0.2) is 0 Å². The van der Waals surface area contributed by atoms with E-state index in [0.29, 0.717) is 0 Å². The molecule has 96 valence electrons. The van der Waals surface area contributed by atoms with Crippen LogP contribution in [-0.2, 0) is 11.8 Å². The van der Waals surface area contributed by atoms with Gasteiger partial charge in [0.1, 0.15) is 6.04 Å². The molecule has 0 spiro atoms. The largest absolute Gasteiger partial charge is 0.351 e. The molecule has 0 aromatic carbocycles. The summed E-state index contributed by atoms with van der Waals surface area (Å²) < 4.78 is 1.64. The Bertz CT molecular complexity index is 366. The van der Waals surface area contributed by atoms with Gasteiger partial charge in [0.2, 0.25) is 5.91 Å². The molecule has 0 fully saturated rings. The lowest BCUT2D eigenvalue weighted by Crippen LogP contribution is -2.41. The van der Waals surface area contributed by atoms with Crippen LogP contribution in [0.5, 0.6) is 0 Å². The van der Waals surface area contributed by atoms with Gasteiger partial charge in [0.05, 0.1) is 6.20 Å². The lowest BCUT2D eigenvalue weighted by Gasteiger charge is -2.18. The molecule has 5 nitrogen and oxygen atoms in total. The summed E-state index contributed by atoms with van der Waals surface area (Å²) in [4.78, 5) is 11.9. The minimum Gasteiger partial charge on any atom is -0.351 e. The number of thioether (sulfide) groups is 1.